The second-order valence-corrected chi connectivity index (χ2v) is 5.72. The van der Waals surface area contributed by atoms with Crippen LogP contribution in [0.15, 0.2) is 36.4 Å². The molecule has 0 aliphatic carbocycles. The van der Waals surface area contributed by atoms with E-state index in [0.29, 0.717) is 12.1 Å². The van der Waals surface area contributed by atoms with Crippen LogP contribution in [0.5, 0.6) is 0 Å². The van der Waals surface area contributed by atoms with Crippen LogP contribution in [-0.2, 0) is 6.42 Å². The Morgan fingerprint density at radius 3 is 2.81 bits per heavy atom. The molecule has 1 amide bonds. The highest BCUT2D eigenvalue weighted by Gasteiger charge is 2.25. The Kier molecular flexibility index (Phi) is 3.68. The van der Waals surface area contributed by atoms with Crippen LogP contribution in [0.4, 0.5) is 10.1 Å². The Labute approximate surface area is 128 Å². The number of benzene rings is 2. The van der Waals surface area contributed by atoms with Gasteiger partial charge in [0.15, 0.2) is 0 Å². The van der Waals surface area contributed by atoms with Crippen LogP contribution < -0.4 is 4.90 Å². The topological polar surface area (TPSA) is 20.3 Å². The van der Waals surface area contributed by atoms with Gasteiger partial charge in [-0.2, -0.15) is 0 Å². The predicted molar refractivity (Wildman–Crippen MR) is 82.6 cm³/mol. The molecular formula is C17H15ClFNO. The van der Waals surface area contributed by atoms with Crippen LogP contribution in [-0.4, -0.2) is 12.5 Å². The lowest BCUT2D eigenvalue weighted by Crippen LogP contribution is -2.35. The summed E-state index contributed by atoms with van der Waals surface area (Å²) in [5.74, 6) is -0.615. The smallest absolute Gasteiger partial charge is 0.259 e. The number of amides is 1. The third-order valence-corrected chi connectivity index (χ3v) is 4.07. The molecule has 1 heterocycles. The average Bonchev–Trinajstić information content (AvgIpc) is 2.45. The Bertz CT molecular complexity index is 714. The molecule has 0 radical (unpaired) electrons. The molecule has 1 aliphatic rings. The fourth-order valence-corrected chi connectivity index (χ4v) is 2.99. The molecule has 0 atom stereocenters. The number of halogens is 2. The summed E-state index contributed by atoms with van der Waals surface area (Å²) in [6.07, 6.45) is 1.89. The van der Waals surface area contributed by atoms with Gasteiger partial charge in [0.05, 0.1) is 10.6 Å². The Hall–Kier alpha value is -1.87. The van der Waals surface area contributed by atoms with Gasteiger partial charge in [-0.15, -0.1) is 0 Å². The van der Waals surface area contributed by atoms with Crippen molar-refractivity contribution in [1.82, 2.24) is 0 Å². The van der Waals surface area contributed by atoms with E-state index < -0.39 is 5.82 Å². The normalized spacial score (nSPS) is 14.0. The first-order valence-electron chi connectivity index (χ1n) is 6.93. The maximum Gasteiger partial charge on any atom is 0.259 e. The molecule has 108 valence electrons. The van der Waals surface area contributed by atoms with Crippen molar-refractivity contribution < 1.29 is 9.18 Å². The van der Waals surface area contributed by atoms with Gasteiger partial charge in [0.2, 0.25) is 0 Å². The second kappa shape index (κ2) is 5.49. The molecule has 4 heteroatoms. The molecule has 0 spiro atoms. The number of rotatable bonds is 1. The molecule has 21 heavy (non-hydrogen) atoms. The fourth-order valence-electron chi connectivity index (χ4n) is 2.75. The van der Waals surface area contributed by atoms with Gasteiger partial charge >= 0.3 is 0 Å². The van der Waals surface area contributed by atoms with Crippen LogP contribution in [0.2, 0.25) is 5.02 Å². The Balaban J connectivity index is 2.00. The summed E-state index contributed by atoms with van der Waals surface area (Å²) in [7, 11) is 0. The largest absolute Gasteiger partial charge is 0.308 e. The van der Waals surface area contributed by atoms with Gasteiger partial charge in [-0.3, -0.25) is 4.79 Å². The van der Waals surface area contributed by atoms with Gasteiger partial charge in [0.25, 0.3) is 5.91 Å². The first-order chi connectivity index (χ1) is 10.1. The molecule has 0 bridgehead atoms. The molecule has 2 aromatic carbocycles. The number of anilines is 1. The summed E-state index contributed by atoms with van der Waals surface area (Å²) >= 11 is 6.01. The minimum absolute atomic E-state index is 0.152. The number of carbonyl (C=O) groups excluding carboxylic acids is 1. The first kappa shape index (κ1) is 14.1. The Morgan fingerprint density at radius 1 is 1.24 bits per heavy atom. The molecule has 0 N–H and O–H groups in total. The first-order valence-corrected chi connectivity index (χ1v) is 7.30. The van der Waals surface area contributed by atoms with E-state index in [1.807, 2.05) is 19.1 Å². The highest BCUT2D eigenvalue weighted by molar-refractivity contribution is 6.34. The zero-order chi connectivity index (χ0) is 15.0. The summed E-state index contributed by atoms with van der Waals surface area (Å²) in [5, 5.41) is 0.152. The molecule has 2 aromatic rings. The van der Waals surface area contributed by atoms with Crippen LogP contribution >= 0.6 is 11.6 Å². The molecular weight excluding hydrogens is 289 g/mol. The van der Waals surface area contributed by atoms with Crippen LogP contribution in [0.3, 0.4) is 0 Å². The average molecular weight is 304 g/mol. The van der Waals surface area contributed by atoms with E-state index in [1.54, 1.807) is 4.90 Å². The molecule has 0 aromatic heterocycles. The number of carbonyl (C=O) groups is 1. The van der Waals surface area contributed by atoms with Crippen LogP contribution in [0, 0.1) is 12.7 Å². The fraction of sp³-hybridized carbons (Fsp3) is 0.235. The van der Waals surface area contributed by atoms with E-state index in [2.05, 4.69) is 6.07 Å². The number of fused-ring (bicyclic) bond motifs is 1. The van der Waals surface area contributed by atoms with Crippen molar-refractivity contribution in [2.75, 3.05) is 11.4 Å². The summed E-state index contributed by atoms with van der Waals surface area (Å²) in [5.41, 5.74) is 3.62. The monoisotopic (exact) mass is 303 g/mol. The maximum absolute atomic E-state index is 13.1. The van der Waals surface area contributed by atoms with E-state index in [9.17, 15) is 9.18 Å². The summed E-state index contributed by atoms with van der Waals surface area (Å²) in [4.78, 5) is 14.4. The number of hydrogen-bond acceptors (Lipinski definition) is 1. The summed E-state index contributed by atoms with van der Waals surface area (Å²) < 4.78 is 13.1. The second-order valence-electron chi connectivity index (χ2n) is 5.32. The van der Waals surface area contributed by atoms with Gasteiger partial charge in [0.1, 0.15) is 5.82 Å². The summed E-state index contributed by atoms with van der Waals surface area (Å²) in [6, 6.07) is 9.97. The van der Waals surface area contributed by atoms with E-state index in [-0.39, 0.29) is 10.9 Å². The zero-order valence-electron chi connectivity index (χ0n) is 11.7. The third kappa shape index (κ3) is 2.66. The maximum atomic E-state index is 13.1. The van der Waals surface area contributed by atoms with Crippen LogP contribution in [0.1, 0.15) is 27.9 Å². The lowest BCUT2D eigenvalue weighted by Gasteiger charge is -2.30. The van der Waals surface area contributed by atoms with Crippen molar-refractivity contribution in [2.24, 2.45) is 0 Å². The number of nitrogens with zero attached hydrogens (tertiary/aromatic N) is 1. The lowest BCUT2D eigenvalue weighted by molar-refractivity contribution is 0.0985. The molecule has 0 saturated heterocycles. The van der Waals surface area contributed by atoms with Crippen molar-refractivity contribution in [1.29, 1.82) is 0 Å². The molecule has 3 rings (SSSR count). The van der Waals surface area contributed by atoms with Crippen molar-refractivity contribution in [3.05, 3.63) is 63.9 Å². The molecule has 1 aliphatic heterocycles. The number of hydrogen-bond donors (Lipinski definition) is 0. The standard InChI is InChI=1S/C17H15ClFNO/c1-11-4-7-16-12(9-11)3-2-8-20(16)17(21)14-6-5-13(19)10-15(14)18/h4-7,9-10H,2-3,8H2,1H3. The van der Waals surface area contributed by atoms with E-state index >= 15 is 0 Å². The third-order valence-electron chi connectivity index (χ3n) is 3.76. The number of aryl methyl sites for hydroxylation is 2. The highest BCUT2D eigenvalue weighted by Crippen LogP contribution is 2.30. The van der Waals surface area contributed by atoms with Gasteiger partial charge in [-0.1, -0.05) is 29.3 Å². The van der Waals surface area contributed by atoms with Crippen molar-refractivity contribution in [3.8, 4) is 0 Å². The van der Waals surface area contributed by atoms with Gasteiger partial charge in [-0.05, 0) is 49.6 Å². The molecule has 0 saturated carbocycles. The van der Waals surface area contributed by atoms with Crippen molar-refractivity contribution >= 4 is 23.2 Å². The van der Waals surface area contributed by atoms with E-state index in [1.165, 1.54) is 29.3 Å². The highest BCUT2D eigenvalue weighted by atomic mass is 35.5. The molecule has 0 fully saturated rings. The minimum atomic E-state index is -0.439. The van der Waals surface area contributed by atoms with Gasteiger partial charge in [-0.25, -0.2) is 4.39 Å². The lowest BCUT2D eigenvalue weighted by atomic mass is 9.99. The van der Waals surface area contributed by atoms with Crippen molar-refractivity contribution in [2.45, 2.75) is 19.8 Å². The van der Waals surface area contributed by atoms with Gasteiger partial charge < -0.3 is 4.90 Å². The quantitative estimate of drug-likeness (QED) is 0.765. The van der Waals surface area contributed by atoms with E-state index in [4.69, 9.17) is 11.6 Å². The molecule has 2 nitrogen and oxygen atoms in total. The van der Waals surface area contributed by atoms with Crippen molar-refractivity contribution in [3.63, 3.8) is 0 Å². The van der Waals surface area contributed by atoms with Crippen LogP contribution in [0.25, 0.3) is 0 Å². The zero-order valence-corrected chi connectivity index (χ0v) is 12.5. The SMILES string of the molecule is Cc1ccc2c(c1)CCCN2C(=O)c1ccc(F)cc1Cl. The minimum Gasteiger partial charge on any atom is -0.308 e. The van der Waals surface area contributed by atoms with Gasteiger partial charge in [0, 0.05) is 12.2 Å². The van der Waals surface area contributed by atoms with E-state index in [0.717, 1.165) is 18.5 Å². The molecule has 0 unspecified atom stereocenters. The summed E-state index contributed by atoms with van der Waals surface area (Å²) in [6.45, 7) is 2.69. The Morgan fingerprint density at radius 2 is 2.05 bits per heavy atom. The predicted octanol–water partition coefficient (Wildman–Crippen LogP) is 4.38.